The number of nitrogens with one attached hydrogen (secondary N) is 1. The standard InChI is InChI=1S/C18H18ClN3O3/c1-4-25-18(24)15-11(3)21-22-16(15)20-10(2)13(17(22)23)9-12-7-5-6-8-14(12)19/h5-8,21H,4,9H2,1-3H3. The monoisotopic (exact) mass is 359 g/mol. The molecule has 130 valence electrons. The molecule has 25 heavy (non-hydrogen) atoms. The number of aryl methyl sites for hydroxylation is 2. The number of carbonyl (C=O) groups excluding carboxylic acids is 1. The van der Waals surface area contributed by atoms with Crippen molar-refractivity contribution in [1.82, 2.24) is 14.6 Å². The molecule has 0 bridgehead atoms. The third-order valence-corrected chi connectivity index (χ3v) is 4.43. The van der Waals surface area contributed by atoms with Crippen LogP contribution in [0.15, 0.2) is 29.1 Å². The number of ether oxygens (including phenoxy) is 1. The van der Waals surface area contributed by atoms with E-state index in [2.05, 4.69) is 10.1 Å². The van der Waals surface area contributed by atoms with Crippen LogP contribution in [0.25, 0.3) is 5.65 Å². The zero-order valence-corrected chi connectivity index (χ0v) is 15.0. The highest BCUT2D eigenvalue weighted by molar-refractivity contribution is 6.31. The molecule has 1 aromatic carbocycles. The van der Waals surface area contributed by atoms with Crippen LogP contribution in [-0.4, -0.2) is 27.2 Å². The normalized spacial score (nSPS) is 11.0. The third-order valence-electron chi connectivity index (χ3n) is 4.07. The first-order chi connectivity index (χ1) is 11.9. The van der Waals surface area contributed by atoms with Gasteiger partial charge >= 0.3 is 5.97 Å². The number of halogens is 1. The first-order valence-corrected chi connectivity index (χ1v) is 8.33. The number of carbonyl (C=O) groups is 1. The fourth-order valence-electron chi connectivity index (χ4n) is 2.81. The van der Waals surface area contributed by atoms with Crippen LogP contribution in [0.2, 0.25) is 5.02 Å². The highest BCUT2D eigenvalue weighted by Gasteiger charge is 2.22. The van der Waals surface area contributed by atoms with Crippen molar-refractivity contribution in [3.8, 4) is 0 Å². The maximum Gasteiger partial charge on any atom is 0.343 e. The molecule has 0 saturated carbocycles. The van der Waals surface area contributed by atoms with E-state index in [1.807, 2.05) is 18.2 Å². The smallest absolute Gasteiger partial charge is 0.343 e. The fraction of sp³-hybridized carbons (Fsp3) is 0.278. The van der Waals surface area contributed by atoms with E-state index in [1.165, 1.54) is 4.52 Å². The van der Waals surface area contributed by atoms with Crippen molar-refractivity contribution in [2.75, 3.05) is 6.61 Å². The van der Waals surface area contributed by atoms with Gasteiger partial charge in [0.1, 0.15) is 5.56 Å². The summed E-state index contributed by atoms with van der Waals surface area (Å²) in [4.78, 5) is 29.6. The van der Waals surface area contributed by atoms with Crippen LogP contribution in [0.3, 0.4) is 0 Å². The lowest BCUT2D eigenvalue weighted by Gasteiger charge is -2.07. The summed E-state index contributed by atoms with van der Waals surface area (Å²) >= 11 is 6.20. The fourth-order valence-corrected chi connectivity index (χ4v) is 3.01. The van der Waals surface area contributed by atoms with Crippen LogP contribution in [-0.2, 0) is 11.2 Å². The molecule has 0 aliphatic rings. The Bertz CT molecular complexity index is 1020. The third kappa shape index (κ3) is 3.05. The van der Waals surface area contributed by atoms with Crippen molar-refractivity contribution in [2.45, 2.75) is 27.2 Å². The second-order valence-electron chi connectivity index (χ2n) is 5.74. The summed E-state index contributed by atoms with van der Waals surface area (Å²) < 4.78 is 6.36. The molecule has 0 saturated heterocycles. The molecule has 1 N–H and O–H groups in total. The Balaban J connectivity index is 2.16. The number of esters is 1. The molecule has 0 fully saturated rings. The van der Waals surface area contributed by atoms with Crippen LogP contribution in [0, 0.1) is 13.8 Å². The Morgan fingerprint density at radius 2 is 2.04 bits per heavy atom. The summed E-state index contributed by atoms with van der Waals surface area (Å²) in [5.74, 6) is -0.496. The molecule has 0 amide bonds. The Labute approximate surface area is 149 Å². The van der Waals surface area contributed by atoms with E-state index in [9.17, 15) is 9.59 Å². The van der Waals surface area contributed by atoms with Crippen molar-refractivity contribution >= 4 is 23.2 Å². The van der Waals surface area contributed by atoms with Gasteiger partial charge in [0, 0.05) is 28.4 Å². The van der Waals surface area contributed by atoms with Gasteiger partial charge in [-0.15, -0.1) is 0 Å². The van der Waals surface area contributed by atoms with Crippen LogP contribution in [0.1, 0.15) is 39.8 Å². The van der Waals surface area contributed by atoms with Gasteiger partial charge in [-0.2, -0.15) is 0 Å². The van der Waals surface area contributed by atoms with Crippen molar-refractivity contribution in [3.63, 3.8) is 0 Å². The van der Waals surface area contributed by atoms with E-state index in [1.54, 1.807) is 26.8 Å². The summed E-state index contributed by atoms with van der Waals surface area (Å²) in [6, 6.07) is 7.37. The maximum absolute atomic E-state index is 12.9. The number of aromatic amines is 1. The zero-order chi connectivity index (χ0) is 18.1. The average Bonchev–Trinajstić information content (AvgIpc) is 2.89. The zero-order valence-electron chi connectivity index (χ0n) is 14.2. The van der Waals surface area contributed by atoms with Crippen LogP contribution in [0.4, 0.5) is 0 Å². The van der Waals surface area contributed by atoms with Gasteiger partial charge in [-0.3, -0.25) is 9.89 Å². The first-order valence-electron chi connectivity index (χ1n) is 7.95. The van der Waals surface area contributed by atoms with Crippen LogP contribution >= 0.6 is 11.6 Å². The molecular weight excluding hydrogens is 342 g/mol. The van der Waals surface area contributed by atoms with Gasteiger partial charge in [-0.25, -0.2) is 14.3 Å². The van der Waals surface area contributed by atoms with Crippen LogP contribution < -0.4 is 5.56 Å². The quantitative estimate of drug-likeness (QED) is 0.726. The number of hydrogen-bond donors (Lipinski definition) is 1. The number of benzene rings is 1. The molecule has 3 rings (SSSR count). The molecule has 0 radical (unpaired) electrons. The lowest BCUT2D eigenvalue weighted by molar-refractivity contribution is 0.0527. The lowest BCUT2D eigenvalue weighted by atomic mass is 10.0. The lowest BCUT2D eigenvalue weighted by Crippen LogP contribution is -2.22. The van der Waals surface area contributed by atoms with Gasteiger partial charge in [0.2, 0.25) is 0 Å². The van der Waals surface area contributed by atoms with Gasteiger partial charge in [0.05, 0.1) is 6.61 Å². The minimum atomic E-state index is -0.496. The minimum Gasteiger partial charge on any atom is -0.462 e. The van der Waals surface area contributed by atoms with E-state index >= 15 is 0 Å². The summed E-state index contributed by atoms with van der Waals surface area (Å²) in [6.07, 6.45) is 0.368. The molecule has 0 atom stereocenters. The van der Waals surface area contributed by atoms with Crippen molar-refractivity contribution < 1.29 is 9.53 Å². The predicted molar refractivity (Wildman–Crippen MR) is 95.5 cm³/mol. The highest BCUT2D eigenvalue weighted by Crippen LogP contribution is 2.20. The van der Waals surface area contributed by atoms with Gasteiger partial charge in [0.25, 0.3) is 5.56 Å². The molecular formula is C18H18ClN3O3. The van der Waals surface area contributed by atoms with Gasteiger partial charge in [0.15, 0.2) is 5.65 Å². The van der Waals surface area contributed by atoms with Crippen molar-refractivity contribution in [1.29, 1.82) is 0 Å². The predicted octanol–water partition coefficient (Wildman–Crippen LogP) is 3.06. The topological polar surface area (TPSA) is 76.5 Å². The molecule has 0 spiro atoms. The van der Waals surface area contributed by atoms with Crippen molar-refractivity contribution in [3.05, 3.63) is 67.7 Å². The Morgan fingerprint density at radius 1 is 1.32 bits per heavy atom. The SMILES string of the molecule is CCOC(=O)c1c(C)[nH]n2c(=O)c(Cc3ccccc3Cl)c(C)nc12. The summed E-state index contributed by atoms with van der Waals surface area (Å²) in [7, 11) is 0. The average molecular weight is 360 g/mol. The highest BCUT2D eigenvalue weighted by atomic mass is 35.5. The van der Waals surface area contributed by atoms with Gasteiger partial charge in [-0.05, 0) is 32.4 Å². The summed E-state index contributed by atoms with van der Waals surface area (Å²) in [6.45, 7) is 5.45. The number of hydrogen-bond acceptors (Lipinski definition) is 4. The molecule has 2 heterocycles. The number of H-pyrrole nitrogens is 1. The summed E-state index contributed by atoms with van der Waals surface area (Å²) in [5.41, 5.74) is 2.79. The van der Waals surface area contributed by atoms with Crippen LogP contribution in [0.5, 0.6) is 0 Å². The second-order valence-corrected chi connectivity index (χ2v) is 6.15. The molecule has 2 aromatic heterocycles. The molecule has 7 heteroatoms. The van der Waals surface area contributed by atoms with Crippen molar-refractivity contribution in [2.24, 2.45) is 0 Å². The largest absolute Gasteiger partial charge is 0.462 e. The molecule has 6 nitrogen and oxygen atoms in total. The number of aromatic nitrogens is 3. The molecule has 0 aliphatic heterocycles. The first kappa shape index (κ1) is 17.2. The number of nitrogens with zero attached hydrogens (tertiary/aromatic N) is 2. The Hall–Kier alpha value is -2.60. The molecule has 0 aliphatic carbocycles. The molecule has 0 unspecified atom stereocenters. The maximum atomic E-state index is 12.9. The van der Waals surface area contributed by atoms with E-state index in [-0.39, 0.29) is 23.4 Å². The van der Waals surface area contributed by atoms with E-state index in [4.69, 9.17) is 16.3 Å². The van der Waals surface area contributed by atoms with E-state index in [0.29, 0.717) is 28.4 Å². The number of fused-ring (bicyclic) bond motifs is 1. The minimum absolute atomic E-state index is 0.249. The molecule has 3 aromatic rings. The summed E-state index contributed by atoms with van der Waals surface area (Å²) in [5, 5.41) is 3.51. The van der Waals surface area contributed by atoms with Gasteiger partial charge in [-0.1, -0.05) is 29.8 Å². The Morgan fingerprint density at radius 3 is 2.72 bits per heavy atom. The van der Waals surface area contributed by atoms with E-state index < -0.39 is 5.97 Å². The van der Waals surface area contributed by atoms with Gasteiger partial charge < -0.3 is 4.74 Å². The Kier molecular flexibility index (Phi) is 4.63. The second kappa shape index (κ2) is 6.72. The van der Waals surface area contributed by atoms with E-state index in [0.717, 1.165) is 5.56 Å². The number of rotatable bonds is 4.